The molecule has 6 N–H and O–H groups in total. The highest BCUT2D eigenvalue weighted by molar-refractivity contribution is 5.99. The molecular formula is C6H9N7. The fourth-order valence-electron chi connectivity index (χ4n) is 0.738. The molecule has 0 saturated carbocycles. The number of hydrogen-bond donors (Lipinski definition) is 3. The van der Waals surface area contributed by atoms with Crippen LogP contribution in [0.5, 0.6) is 0 Å². The summed E-state index contributed by atoms with van der Waals surface area (Å²) in [5, 5.41) is 3.28. The van der Waals surface area contributed by atoms with Crippen LogP contribution in [0.25, 0.3) is 0 Å². The van der Waals surface area contributed by atoms with Crippen LogP contribution >= 0.6 is 0 Å². The van der Waals surface area contributed by atoms with Crippen molar-refractivity contribution in [2.24, 2.45) is 27.4 Å². The summed E-state index contributed by atoms with van der Waals surface area (Å²) in [7, 11) is 0. The molecule has 7 heteroatoms. The van der Waals surface area contributed by atoms with Crippen LogP contribution in [0.4, 0.5) is 5.82 Å². The molecule has 0 aliphatic rings. The summed E-state index contributed by atoms with van der Waals surface area (Å²) in [6, 6.07) is 0. The largest absolute Gasteiger partial charge is 0.390 e. The maximum atomic E-state index is 5.43. The Balaban J connectivity index is 3.19. The van der Waals surface area contributed by atoms with Crippen LogP contribution in [-0.4, -0.2) is 22.1 Å². The second kappa shape index (κ2) is 4.00. The molecule has 1 rings (SSSR count). The van der Waals surface area contributed by atoms with Gasteiger partial charge in [-0.2, -0.15) is 5.10 Å². The SMILES string of the molecule is NC=Nc1nccnc1/C(N)=N/N. The lowest BCUT2D eigenvalue weighted by Gasteiger charge is -1.99. The van der Waals surface area contributed by atoms with E-state index in [0.717, 1.165) is 6.34 Å². The first kappa shape index (κ1) is 8.91. The van der Waals surface area contributed by atoms with Gasteiger partial charge in [0.1, 0.15) is 0 Å². The number of nitrogens with zero attached hydrogens (tertiary/aromatic N) is 4. The highest BCUT2D eigenvalue weighted by atomic mass is 15.2. The molecule has 1 aromatic rings. The molecule has 0 fully saturated rings. The number of aromatic nitrogens is 2. The number of hydrazone groups is 1. The lowest BCUT2D eigenvalue weighted by molar-refractivity contribution is 1.13. The lowest BCUT2D eigenvalue weighted by atomic mass is 10.4. The van der Waals surface area contributed by atoms with Gasteiger partial charge in [0.15, 0.2) is 17.3 Å². The van der Waals surface area contributed by atoms with Crippen LogP contribution in [0.2, 0.25) is 0 Å². The smallest absolute Gasteiger partial charge is 0.183 e. The van der Waals surface area contributed by atoms with Gasteiger partial charge in [-0.25, -0.2) is 15.0 Å². The zero-order valence-corrected chi connectivity index (χ0v) is 6.75. The predicted octanol–water partition coefficient (Wildman–Crippen LogP) is -1.33. The molecule has 0 saturated heterocycles. The maximum absolute atomic E-state index is 5.43. The average molecular weight is 179 g/mol. The maximum Gasteiger partial charge on any atom is 0.183 e. The minimum atomic E-state index is 0.0636. The van der Waals surface area contributed by atoms with Gasteiger partial charge in [-0.3, -0.25) is 0 Å². The molecule has 0 bridgehead atoms. The second-order valence-electron chi connectivity index (χ2n) is 2.02. The summed E-state index contributed by atoms with van der Waals surface area (Å²) in [6.07, 6.45) is 4.02. The van der Waals surface area contributed by atoms with Crippen molar-refractivity contribution in [1.82, 2.24) is 9.97 Å². The van der Waals surface area contributed by atoms with E-state index in [1.807, 2.05) is 0 Å². The van der Waals surface area contributed by atoms with Crippen molar-refractivity contribution in [2.75, 3.05) is 0 Å². The lowest BCUT2D eigenvalue weighted by Crippen LogP contribution is -2.17. The van der Waals surface area contributed by atoms with Crippen LogP contribution in [0.15, 0.2) is 22.5 Å². The Hall–Kier alpha value is -2.18. The van der Waals surface area contributed by atoms with Gasteiger partial charge in [-0.05, 0) is 0 Å². The van der Waals surface area contributed by atoms with Gasteiger partial charge in [0.25, 0.3) is 0 Å². The number of amidine groups is 1. The first-order valence-electron chi connectivity index (χ1n) is 3.38. The topological polar surface area (TPSA) is 129 Å². The molecule has 0 amide bonds. The minimum absolute atomic E-state index is 0.0636. The Morgan fingerprint density at radius 1 is 1.38 bits per heavy atom. The molecule has 68 valence electrons. The molecule has 0 radical (unpaired) electrons. The molecule has 0 aliphatic carbocycles. The van der Waals surface area contributed by atoms with E-state index in [9.17, 15) is 0 Å². The highest BCUT2D eigenvalue weighted by Crippen LogP contribution is 2.10. The van der Waals surface area contributed by atoms with E-state index >= 15 is 0 Å². The monoisotopic (exact) mass is 179 g/mol. The predicted molar refractivity (Wildman–Crippen MR) is 49.3 cm³/mol. The van der Waals surface area contributed by atoms with Crippen LogP contribution in [-0.2, 0) is 0 Å². The van der Waals surface area contributed by atoms with Crippen molar-refractivity contribution in [1.29, 1.82) is 0 Å². The second-order valence-corrected chi connectivity index (χ2v) is 2.02. The summed E-state index contributed by atoms with van der Waals surface area (Å²) in [6.45, 7) is 0. The Morgan fingerprint density at radius 3 is 2.69 bits per heavy atom. The fraction of sp³-hybridized carbons (Fsp3) is 0. The molecule has 0 unspecified atom stereocenters. The number of aliphatic imine (C=N–C) groups is 1. The molecule has 13 heavy (non-hydrogen) atoms. The van der Waals surface area contributed by atoms with Crippen molar-refractivity contribution in [3.63, 3.8) is 0 Å². The number of rotatable bonds is 2. The molecular weight excluding hydrogens is 170 g/mol. The van der Waals surface area contributed by atoms with Gasteiger partial charge in [-0.15, -0.1) is 0 Å². The van der Waals surface area contributed by atoms with E-state index in [2.05, 4.69) is 20.1 Å². The minimum Gasteiger partial charge on any atom is -0.390 e. The highest BCUT2D eigenvalue weighted by Gasteiger charge is 2.06. The standard InChI is InChI=1S/C6H9N7/c7-3-12-6-4(5(8)13-9)10-1-2-11-6/h1-3H,9H2,(H2,8,13)(H2,7,11,12). The van der Waals surface area contributed by atoms with Crippen LogP contribution < -0.4 is 17.3 Å². The van der Waals surface area contributed by atoms with Crippen LogP contribution in [0.1, 0.15) is 5.69 Å². The van der Waals surface area contributed by atoms with E-state index in [0.29, 0.717) is 5.69 Å². The van der Waals surface area contributed by atoms with E-state index in [1.54, 1.807) is 0 Å². The third kappa shape index (κ3) is 1.89. The third-order valence-electron chi connectivity index (χ3n) is 1.26. The molecule has 1 heterocycles. The van der Waals surface area contributed by atoms with Gasteiger partial charge >= 0.3 is 0 Å². The number of nitrogens with two attached hydrogens (primary N) is 3. The summed E-state index contributed by atoms with van der Waals surface area (Å²) in [5.41, 5.74) is 10.8. The quantitative estimate of drug-likeness (QED) is 0.224. The molecule has 0 aliphatic heterocycles. The normalized spacial score (nSPS) is 12.2. The molecule has 7 nitrogen and oxygen atoms in total. The molecule has 1 aromatic heterocycles. The van der Waals surface area contributed by atoms with Gasteiger partial charge < -0.3 is 17.3 Å². The Bertz CT molecular complexity index is 343. The van der Waals surface area contributed by atoms with Crippen LogP contribution in [0, 0.1) is 0 Å². The van der Waals surface area contributed by atoms with E-state index in [1.165, 1.54) is 12.4 Å². The van der Waals surface area contributed by atoms with Crippen molar-refractivity contribution >= 4 is 18.0 Å². The Labute approximate surface area is 74.4 Å². The van der Waals surface area contributed by atoms with Crippen molar-refractivity contribution in [3.05, 3.63) is 18.1 Å². The molecule has 0 aromatic carbocycles. The van der Waals surface area contributed by atoms with Crippen molar-refractivity contribution in [2.45, 2.75) is 0 Å². The Kier molecular flexibility index (Phi) is 2.74. The summed E-state index contributed by atoms with van der Waals surface area (Å²) in [5.74, 6) is 5.33. The first-order chi connectivity index (χ1) is 6.29. The third-order valence-corrected chi connectivity index (χ3v) is 1.26. The van der Waals surface area contributed by atoms with E-state index in [4.69, 9.17) is 17.3 Å². The van der Waals surface area contributed by atoms with Crippen molar-refractivity contribution in [3.8, 4) is 0 Å². The van der Waals surface area contributed by atoms with E-state index < -0.39 is 0 Å². The Morgan fingerprint density at radius 2 is 2.08 bits per heavy atom. The average Bonchev–Trinajstić information content (AvgIpc) is 2.18. The fourth-order valence-corrected chi connectivity index (χ4v) is 0.738. The summed E-state index contributed by atoms with van der Waals surface area (Å²) >= 11 is 0. The van der Waals surface area contributed by atoms with Gasteiger partial charge in [0.2, 0.25) is 0 Å². The number of hydrogen-bond acceptors (Lipinski definition) is 5. The van der Waals surface area contributed by atoms with Crippen LogP contribution in [0.3, 0.4) is 0 Å². The van der Waals surface area contributed by atoms with Gasteiger partial charge in [0.05, 0.1) is 6.34 Å². The zero-order chi connectivity index (χ0) is 9.68. The first-order valence-corrected chi connectivity index (χ1v) is 3.38. The molecule has 0 atom stereocenters. The summed E-state index contributed by atoms with van der Waals surface area (Å²) in [4.78, 5) is 11.5. The van der Waals surface area contributed by atoms with Gasteiger partial charge in [0, 0.05) is 12.4 Å². The molecule has 0 spiro atoms. The summed E-state index contributed by atoms with van der Waals surface area (Å²) < 4.78 is 0. The van der Waals surface area contributed by atoms with E-state index in [-0.39, 0.29) is 11.7 Å². The van der Waals surface area contributed by atoms with Gasteiger partial charge in [-0.1, -0.05) is 0 Å². The van der Waals surface area contributed by atoms with Crippen molar-refractivity contribution < 1.29 is 0 Å². The zero-order valence-electron chi connectivity index (χ0n) is 6.75.